The molecule has 0 bridgehead atoms. The van der Waals surface area contributed by atoms with Gasteiger partial charge in [0, 0.05) is 0 Å². The molecule has 0 unspecified atom stereocenters. The molecule has 0 aliphatic carbocycles. The molecular weight excluding hydrogens is 458 g/mol. The average Bonchev–Trinajstić information content (AvgIpc) is 2.92. The molecule has 0 saturated heterocycles. The number of unbranched alkanes of at least 4 members (excludes halogenated alkanes) is 30. The van der Waals surface area contributed by atoms with Crippen LogP contribution in [-0.4, -0.2) is 25.0 Å². The van der Waals surface area contributed by atoms with Crippen LogP contribution in [0.2, 0.25) is 0 Å². The summed E-state index contributed by atoms with van der Waals surface area (Å²) in [5.41, 5.74) is 0. The Bertz CT molecular complexity index is 392. The summed E-state index contributed by atoms with van der Waals surface area (Å²) in [7, 11) is 2.34. The molecule has 0 aromatic heterocycles. The third-order valence-corrected chi connectivity index (χ3v) is 8.79. The number of rotatable bonds is 34. The van der Waals surface area contributed by atoms with E-state index in [0.717, 1.165) is 0 Å². The molecule has 0 atom stereocenters. The lowest BCUT2D eigenvalue weighted by Crippen LogP contribution is -2.20. The van der Waals surface area contributed by atoms with E-state index in [1.54, 1.807) is 0 Å². The van der Waals surface area contributed by atoms with Gasteiger partial charge in [-0.05, 0) is 33.0 Å². The molecule has 0 N–H and O–H groups in total. The molecule has 0 aromatic carbocycles. The molecule has 0 aliphatic rings. The van der Waals surface area contributed by atoms with Gasteiger partial charge in [0.1, 0.15) is 0 Å². The Labute approximate surface area is 244 Å². The van der Waals surface area contributed by atoms with Gasteiger partial charge in [-0.25, -0.2) is 0 Å². The lowest BCUT2D eigenvalue weighted by molar-refractivity contribution is 0.314. The van der Waals surface area contributed by atoms with Gasteiger partial charge >= 0.3 is 0 Å². The van der Waals surface area contributed by atoms with Crippen molar-refractivity contribution >= 4 is 0 Å². The van der Waals surface area contributed by atoms with E-state index in [1.807, 2.05) is 0 Å². The van der Waals surface area contributed by atoms with E-state index in [4.69, 9.17) is 0 Å². The fraction of sp³-hybridized carbons (Fsp3) is 1.00. The summed E-state index contributed by atoms with van der Waals surface area (Å²) in [5, 5.41) is 0. The molecule has 0 aromatic rings. The summed E-state index contributed by atoms with van der Waals surface area (Å²) in [6, 6.07) is 0. The van der Waals surface area contributed by atoms with E-state index in [-0.39, 0.29) is 0 Å². The lowest BCUT2D eigenvalue weighted by atomic mass is 10.0. The molecule has 0 fully saturated rings. The predicted octanol–water partition coefficient (Wildman–Crippen LogP) is 13.4. The molecule has 1 heteroatoms. The molecule has 230 valence electrons. The second kappa shape index (κ2) is 35.0. The van der Waals surface area contributed by atoms with Gasteiger partial charge in [0.25, 0.3) is 0 Å². The standard InChI is InChI=1S/C37H77N/c1-4-6-8-10-12-14-16-17-18-19-20-21-22-23-24-25-26-27-29-31-33-35-37-38(3)36-34-32-30-28-15-13-11-9-7-5-2/h4-37H2,1-3H3. The largest absolute Gasteiger partial charge is 0.306 e. The third-order valence-electron chi connectivity index (χ3n) is 8.79. The van der Waals surface area contributed by atoms with Crippen LogP contribution in [0.1, 0.15) is 219 Å². The fourth-order valence-electron chi connectivity index (χ4n) is 5.97. The first-order valence-electron chi connectivity index (χ1n) is 18.5. The number of nitrogens with zero attached hydrogens (tertiary/aromatic N) is 1. The van der Waals surface area contributed by atoms with E-state index in [9.17, 15) is 0 Å². The molecule has 0 radical (unpaired) electrons. The predicted molar refractivity (Wildman–Crippen MR) is 177 cm³/mol. The van der Waals surface area contributed by atoms with Crippen LogP contribution < -0.4 is 0 Å². The van der Waals surface area contributed by atoms with E-state index in [2.05, 4.69) is 25.8 Å². The Balaban J connectivity index is 3.11. The zero-order valence-electron chi connectivity index (χ0n) is 27.5. The maximum atomic E-state index is 2.58. The van der Waals surface area contributed by atoms with Crippen LogP contribution in [0.5, 0.6) is 0 Å². The van der Waals surface area contributed by atoms with Crippen LogP contribution in [-0.2, 0) is 0 Å². The zero-order chi connectivity index (χ0) is 27.6. The first kappa shape index (κ1) is 38.0. The maximum absolute atomic E-state index is 2.58. The van der Waals surface area contributed by atoms with Crippen LogP contribution in [0, 0.1) is 0 Å². The topological polar surface area (TPSA) is 3.24 Å². The van der Waals surface area contributed by atoms with Crippen LogP contribution >= 0.6 is 0 Å². The van der Waals surface area contributed by atoms with Crippen molar-refractivity contribution in [1.82, 2.24) is 4.90 Å². The first-order valence-corrected chi connectivity index (χ1v) is 18.5. The van der Waals surface area contributed by atoms with Crippen molar-refractivity contribution in [3.05, 3.63) is 0 Å². The average molecular weight is 536 g/mol. The van der Waals surface area contributed by atoms with E-state index in [1.165, 1.54) is 219 Å². The molecular formula is C37H77N. The smallest absolute Gasteiger partial charge is 0.00218 e. The summed E-state index contributed by atoms with van der Waals surface area (Å²) >= 11 is 0. The third kappa shape index (κ3) is 34.0. The van der Waals surface area contributed by atoms with Gasteiger partial charge in [-0.15, -0.1) is 0 Å². The van der Waals surface area contributed by atoms with Crippen molar-refractivity contribution in [2.45, 2.75) is 219 Å². The highest BCUT2D eigenvalue weighted by Crippen LogP contribution is 2.15. The zero-order valence-corrected chi connectivity index (χ0v) is 27.5. The summed E-state index contributed by atoms with van der Waals surface area (Å²) in [5.74, 6) is 0. The van der Waals surface area contributed by atoms with Gasteiger partial charge in [-0.3, -0.25) is 0 Å². The number of hydrogen-bond acceptors (Lipinski definition) is 1. The Morgan fingerprint density at radius 2 is 0.395 bits per heavy atom. The molecule has 0 heterocycles. The SMILES string of the molecule is CCCCCCCCCCCCCCCCCCCCCCCCN(C)CCCCCCCCCCCC. The van der Waals surface area contributed by atoms with Gasteiger partial charge < -0.3 is 4.90 Å². The number of hydrogen-bond donors (Lipinski definition) is 0. The van der Waals surface area contributed by atoms with Gasteiger partial charge in [0.15, 0.2) is 0 Å². The van der Waals surface area contributed by atoms with Crippen molar-refractivity contribution in [2.75, 3.05) is 20.1 Å². The monoisotopic (exact) mass is 536 g/mol. The minimum atomic E-state index is 1.32. The quantitative estimate of drug-likeness (QED) is 0.0740. The summed E-state index contributed by atoms with van der Waals surface area (Å²) in [6.07, 6.45) is 46.8. The molecule has 0 spiro atoms. The van der Waals surface area contributed by atoms with E-state index in [0.29, 0.717) is 0 Å². The highest BCUT2D eigenvalue weighted by Gasteiger charge is 2.00. The molecule has 0 amide bonds. The molecule has 0 rings (SSSR count). The van der Waals surface area contributed by atoms with Crippen LogP contribution in [0.4, 0.5) is 0 Å². The molecule has 1 nitrogen and oxygen atoms in total. The Hall–Kier alpha value is -0.0400. The van der Waals surface area contributed by atoms with Crippen molar-refractivity contribution in [2.24, 2.45) is 0 Å². The van der Waals surface area contributed by atoms with Crippen LogP contribution in [0.3, 0.4) is 0 Å². The van der Waals surface area contributed by atoms with Crippen molar-refractivity contribution in [3.63, 3.8) is 0 Å². The van der Waals surface area contributed by atoms with E-state index < -0.39 is 0 Å². The maximum Gasteiger partial charge on any atom is -0.00218 e. The minimum Gasteiger partial charge on any atom is -0.306 e. The first-order chi connectivity index (χ1) is 18.8. The van der Waals surface area contributed by atoms with Gasteiger partial charge in [0.05, 0.1) is 0 Å². The molecule has 0 saturated carbocycles. The molecule has 38 heavy (non-hydrogen) atoms. The van der Waals surface area contributed by atoms with Crippen LogP contribution in [0.25, 0.3) is 0 Å². The van der Waals surface area contributed by atoms with Crippen LogP contribution in [0.15, 0.2) is 0 Å². The fourth-order valence-corrected chi connectivity index (χ4v) is 5.97. The van der Waals surface area contributed by atoms with Gasteiger partial charge in [0.2, 0.25) is 0 Å². The summed E-state index contributed by atoms with van der Waals surface area (Å²) in [4.78, 5) is 2.58. The van der Waals surface area contributed by atoms with Crippen molar-refractivity contribution in [1.29, 1.82) is 0 Å². The normalized spacial score (nSPS) is 11.7. The molecule has 0 aliphatic heterocycles. The van der Waals surface area contributed by atoms with Crippen molar-refractivity contribution < 1.29 is 0 Å². The summed E-state index contributed by atoms with van der Waals surface area (Å²) in [6.45, 7) is 7.25. The van der Waals surface area contributed by atoms with Gasteiger partial charge in [-0.1, -0.05) is 206 Å². The summed E-state index contributed by atoms with van der Waals surface area (Å²) < 4.78 is 0. The Kier molecular flexibility index (Phi) is 35.0. The second-order valence-electron chi connectivity index (χ2n) is 12.9. The van der Waals surface area contributed by atoms with Gasteiger partial charge in [-0.2, -0.15) is 0 Å². The minimum absolute atomic E-state index is 1.32. The van der Waals surface area contributed by atoms with Crippen molar-refractivity contribution in [3.8, 4) is 0 Å². The highest BCUT2D eigenvalue weighted by atomic mass is 15.1. The van der Waals surface area contributed by atoms with E-state index >= 15 is 0 Å². The Morgan fingerprint density at radius 1 is 0.237 bits per heavy atom. The Morgan fingerprint density at radius 3 is 0.579 bits per heavy atom. The second-order valence-corrected chi connectivity index (χ2v) is 12.9. The lowest BCUT2D eigenvalue weighted by Gasteiger charge is -2.16. The highest BCUT2D eigenvalue weighted by molar-refractivity contribution is 4.55.